The van der Waals surface area contributed by atoms with Crippen LogP contribution in [0.1, 0.15) is 30.9 Å². The van der Waals surface area contributed by atoms with Crippen LogP contribution in [0.15, 0.2) is 48.5 Å². The van der Waals surface area contributed by atoms with E-state index in [0.717, 1.165) is 22.3 Å². The van der Waals surface area contributed by atoms with Crippen molar-refractivity contribution >= 4 is 18.0 Å². The number of aliphatic carboxylic acids is 1. The number of hydrogen-bond acceptors (Lipinski definition) is 5. The minimum Gasteiger partial charge on any atom is -0.480 e. The van der Waals surface area contributed by atoms with Gasteiger partial charge in [0, 0.05) is 12.5 Å². The molecule has 0 aliphatic heterocycles. The number of alkyl carbamates (subject to hydrolysis) is 1. The maximum absolute atomic E-state index is 12.4. The highest BCUT2D eigenvalue weighted by molar-refractivity contribution is 5.85. The zero-order valence-electron chi connectivity index (χ0n) is 18.1. The van der Waals surface area contributed by atoms with Crippen molar-refractivity contribution in [3.8, 4) is 11.1 Å². The maximum Gasteiger partial charge on any atom is 0.407 e. The molecule has 2 amide bonds. The zero-order valence-corrected chi connectivity index (χ0v) is 18.1. The van der Waals surface area contributed by atoms with Gasteiger partial charge in [-0.25, -0.2) is 9.59 Å². The van der Waals surface area contributed by atoms with Gasteiger partial charge < -0.3 is 25.6 Å². The van der Waals surface area contributed by atoms with Crippen molar-refractivity contribution in [3.05, 3.63) is 59.7 Å². The van der Waals surface area contributed by atoms with E-state index in [1.165, 1.54) is 0 Å². The van der Waals surface area contributed by atoms with Crippen LogP contribution in [-0.2, 0) is 14.3 Å². The predicted molar refractivity (Wildman–Crippen MR) is 118 cm³/mol. The molecule has 2 atom stereocenters. The number of rotatable bonds is 9. The first-order valence-corrected chi connectivity index (χ1v) is 10.6. The van der Waals surface area contributed by atoms with Gasteiger partial charge in [-0.1, -0.05) is 62.4 Å². The zero-order chi connectivity index (χ0) is 23.3. The summed E-state index contributed by atoms with van der Waals surface area (Å²) in [6.07, 6.45) is -0.651. The molecule has 1 aliphatic carbocycles. The van der Waals surface area contributed by atoms with Crippen LogP contribution in [0, 0.1) is 11.8 Å². The smallest absolute Gasteiger partial charge is 0.407 e. The number of nitrogens with one attached hydrogen (secondary N) is 2. The van der Waals surface area contributed by atoms with Crippen LogP contribution in [0.5, 0.6) is 0 Å². The number of carbonyl (C=O) groups excluding carboxylic acids is 2. The molecule has 2 aromatic carbocycles. The fourth-order valence-corrected chi connectivity index (χ4v) is 3.94. The van der Waals surface area contributed by atoms with Crippen molar-refractivity contribution in [2.24, 2.45) is 11.8 Å². The van der Waals surface area contributed by atoms with Gasteiger partial charge in [0.1, 0.15) is 12.6 Å². The average Bonchev–Trinajstić information content (AvgIpc) is 3.09. The molecule has 4 N–H and O–H groups in total. The van der Waals surface area contributed by atoms with Gasteiger partial charge in [-0.3, -0.25) is 4.79 Å². The summed E-state index contributed by atoms with van der Waals surface area (Å²) in [5.74, 6) is -2.80. The molecule has 0 saturated carbocycles. The molecule has 0 spiro atoms. The fraction of sp³-hybridized carbons (Fsp3) is 0.375. The minimum atomic E-state index is -1.39. The minimum absolute atomic E-state index is 0.0159. The topological polar surface area (TPSA) is 125 Å². The molecule has 0 bridgehead atoms. The Balaban J connectivity index is 1.59. The third kappa shape index (κ3) is 5.08. The molecule has 0 heterocycles. The normalized spacial score (nSPS) is 14.2. The summed E-state index contributed by atoms with van der Waals surface area (Å²) >= 11 is 0. The Hall–Kier alpha value is -3.39. The predicted octanol–water partition coefficient (Wildman–Crippen LogP) is 2.36. The quantitative estimate of drug-likeness (QED) is 0.474. The van der Waals surface area contributed by atoms with Gasteiger partial charge in [-0.2, -0.15) is 0 Å². The Morgan fingerprint density at radius 2 is 1.56 bits per heavy atom. The van der Waals surface area contributed by atoms with Crippen LogP contribution in [-0.4, -0.2) is 54.0 Å². The van der Waals surface area contributed by atoms with E-state index < -0.39 is 36.5 Å². The van der Waals surface area contributed by atoms with E-state index in [1.807, 2.05) is 36.4 Å². The first-order valence-electron chi connectivity index (χ1n) is 10.6. The lowest BCUT2D eigenvalue weighted by atomic mass is 9.94. The molecule has 2 aromatic rings. The van der Waals surface area contributed by atoms with Gasteiger partial charge >= 0.3 is 12.1 Å². The lowest BCUT2D eigenvalue weighted by molar-refractivity contribution is -0.143. The third-order valence-corrected chi connectivity index (χ3v) is 5.75. The van der Waals surface area contributed by atoms with E-state index in [4.69, 9.17) is 14.9 Å². The van der Waals surface area contributed by atoms with Crippen molar-refractivity contribution in [1.82, 2.24) is 10.6 Å². The van der Waals surface area contributed by atoms with Gasteiger partial charge in [0.05, 0.1) is 12.5 Å². The Morgan fingerprint density at radius 1 is 1.00 bits per heavy atom. The molecule has 1 aliphatic rings. The van der Waals surface area contributed by atoms with Crippen molar-refractivity contribution < 1.29 is 29.3 Å². The summed E-state index contributed by atoms with van der Waals surface area (Å²) in [6, 6.07) is 14.6. The number of carboxylic acid groups (broad SMARTS) is 1. The summed E-state index contributed by atoms with van der Waals surface area (Å²) in [5, 5.41) is 23.0. The SMILES string of the molecule is CC(C)C(CNC(=O)OCC1c2ccccc2-c2ccccc21)C(=O)N[C@@H](CO)C(=O)O. The highest BCUT2D eigenvalue weighted by Crippen LogP contribution is 2.44. The van der Waals surface area contributed by atoms with Crippen LogP contribution >= 0.6 is 0 Å². The van der Waals surface area contributed by atoms with Gasteiger partial charge in [-0.15, -0.1) is 0 Å². The van der Waals surface area contributed by atoms with E-state index >= 15 is 0 Å². The Kier molecular flexibility index (Phi) is 7.48. The van der Waals surface area contributed by atoms with E-state index in [0.29, 0.717) is 0 Å². The second-order valence-corrected chi connectivity index (χ2v) is 8.14. The van der Waals surface area contributed by atoms with Crippen LogP contribution in [0.25, 0.3) is 11.1 Å². The number of fused-ring (bicyclic) bond motifs is 3. The summed E-state index contributed by atoms with van der Waals surface area (Å²) in [6.45, 7) is 3.00. The molecular weight excluding hydrogens is 412 g/mol. The highest BCUT2D eigenvalue weighted by Gasteiger charge is 2.30. The van der Waals surface area contributed by atoms with Crippen molar-refractivity contribution in [2.75, 3.05) is 19.8 Å². The van der Waals surface area contributed by atoms with Gasteiger partial charge in [0.2, 0.25) is 5.91 Å². The van der Waals surface area contributed by atoms with E-state index in [1.54, 1.807) is 13.8 Å². The Morgan fingerprint density at radius 3 is 2.06 bits per heavy atom. The summed E-state index contributed by atoms with van der Waals surface area (Å²) < 4.78 is 5.47. The Labute approximate surface area is 186 Å². The lowest BCUT2D eigenvalue weighted by Crippen LogP contribution is -2.49. The number of benzene rings is 2. The van der Waals surface area contributed by atoms with Gasteiger partial charge in [-0.05, 0) is 28.2 Å². The number of aliphatic hydroxyl groups excluding tert-OH is 1. The third-order valence-electron chi connectivity index (χ3n) is 5.75. The number of ether oxygens (including phenoxy) is 1. The van der Waals surface area contributed by atoms with Crippen LogP contribution in [0.3, 0.4) is 0 Å². The molecule has 170 valence electrons. The summed E-state index contributed by atoms with van der Waals surface area (Å²) in [5.41, 5.74) is 4.46. The largest absolute Gasteiger partial charge is 0.480 e. The van der Waals surface area contributed by atoms with Crippen LogP contribution < -0.4 is 10.6 Å². The van der Waals surface area contributed by atoms with Crippen molar-refractivity contribution in [2.45, 2.75) is 25.8 Å². The highest BCUT2D eigenvalue weighted by atomic mass is 16.5. The summed E-state index contributed by atoms with van der Waals surface area (Å²) in [7, 11) is 0. The first kappa shape index (κ1) is 23.3. The number of hydrogen-bond donors (Lipinski definition) is 4. The molecule has 8 heteroatoms. The first-order chi connectivity index (χ1) is 15.3. The van der Waals surface area contributed by atoms with Gasteiger partial charge in [0.15, 0.2) is 0 Å². The van der Waals surface area contributed by atoms with Crippen LogP contribution in [0.2, 0.25) is 0 Å². The molecule has 32 heavy (non-hydrogen) atoms. The van der Waals surface area contributed by atoms with E-state index in [2.05, 4.69) is 22.8 Å². The monoisotopic (exact) mass is 440 g/mol. The second kappa shape index (κ2) is 10.3. The number of aliphatic hydroxyl groups is 1. The molecule has 0 radical (unpaired) electrons. The second-order valence-electron chi connectivity index (χ2n) is 8.14. The molecular formula is C24H28N2O6. The van der Waals surface area contributed by atoms with Gasteiger partial charge in [0.25, 0.3) is 0 Å². The van der Waals surface area contributed by atoms with E-state index in [-0.39, 0.29) is 25.0 Å². The molecule has 0 saturated heterocycles. The number of carbonyl (C=O) groups is 3. The average molecular weight is 440 g/mol. The molecule has 1 unspecified atom stereocenters. The lowest BCUT2D eigenvalue weighted by Gasteiger charge is -2.22. The molecule has 0 aromatic heterocycles. The van der Waals surface area contributed by atoms with Crippen molar-refractivity contribution in [3.63, 3.8) is 0 Å². The Bertz CT molecular complexity index is 944. The fourth-order valence-electron chi connectivity index (χ4n) is 3.94. The van der Waals surface area contributed by atoms with E-state index in [9.17, 15) is 14.4 Å². The molecule has 8 nitrogen and oxygen atoms in total. The molecule has 3 rings (SSSR count). The number of carboxylic acids is 1. The summed E-state index contributed by atoms with van der Waals surface area (Å²) in [4.78, 5) is 35.8. The molecule has 0 fully saturated rings. The standard InChI is InChI=1S/C24H28N2O6/c1-14(2)19(22(28)26-21(12-27)23(29)30)11-25-24(31)32-13-20-17-9-5-3-7-15(17)16-8-4-6-10-18(16)20/h3-10,14,19-21,27H,11-13H2,1-2H3,(H,25,31)(H,26,28)(H,29,30)/t19?,21-/m0/s1. The van der Waals surface area contributed by atoms with Crippen molar-refractivity contribution in [1.29, 1.82) is 0 Å². The number of amides is 2. The van der Waals surface area contributed by atoms with Crippen LogP contribution in [0.4, 0.5) is 4.79 Å². The maximum atomic E-state index is 12.4.